The number of aromatic nitrogens is 2. The van der Waals surface area contributed by atoms with Gasteiger partial charge in [0.1, 0.15) is 17.8 Å². The van der Waals surface area contributed by atoms with E-state index >= 15 is 0 Å². The van der Waals surface area contributed by atoms with E-state index in [0.717, 1.165) is 12.0 Å². The predicted octanol–water partition coefficient (Wildman–Crippen LogP) is 1.46. The molecule has 1 N–H and O–H groups in total. The van der Waals surface area contributed by atoms with Crippen LogP contribution in [0.25, 0.3) is 0 Å². The van der Waals surface area contributed by atoms with Gasteiger partial charge in [-0.1, -0.05) is 30.3 Å². The molecule has 0 spiro atoms. The van der Waals surface area contributed by atoms with E-state index < -0.39 is 9.84 Å². The number of hydrogen-bond acceptors (Lipinski definition) is 6. The fourth-order valence-electron chi connectivity index (χ4n) is 3.31. The lowest BCUT2D eigenvalue weighted by atomic mass is 10.1. The van der Waals surface area contributed by atoms with Crippen molar-refractivity contribution in [3.05, 3.63) is 54.0 Å². The summed E-state index contributed by atoms with van der Waals surface area (Å²) in [5, 5.41) is 2.87. The first-order valence-corrected chi connectivity index (χ1v) is 10.9. The van der Waals surface area contributed by atoms with Crippen LogP contribution in [0.4, 0.5) is 5.82 Å². The van der Waals surface area contributed by atoms with Crippen LogP contribution in [0.1, 0.15) is 29.4 Å². The average molecular weight is 388 g/mol. The van der Waals surface area contributed by atoms with Crippen molar-refractivity contribution in [2.45, 2.75) is 25.8 Å². The quantitative estimate of drug-likeness (QED) is 0.772. The van der Waals surface area contributed by atoms with Crippen LogP contribution in [0.5, 0.6) is 0 Å². The van der Waals surface area contributed by atoms with Gasteiger partial charge in [0.05, 0.1) is 11.5 Å². The molecular weight excluding hydrogens is 364 g/mol. The van der Waals surface area contributed by atoms with Crippen LogP contribution in [0.15, 0.2) is 42.7 Å². The standard InChI is InChI=1S/C19H24N4O3S/c1-2-23(16-9-11-27(25,26)13-16)18-12-17(21-14-22-18)19(24)20-10-8-15-6-4-3-5-7-15/h3-7,12,14,16H,2,8-11,13H2,1H3,(H,20,24). The molecule has 144 valence electrons. The molecule has 0 radical (unpaired) electrons. The third kappa shape index (κ3) is 5.03. The predicted molar refractivity (Wildman–Crippen MR) is 105 cm³/mol. The number of nitrogens with zero attached hydrogens (tertiary/aromatic N) is 3. The maximum absolute atomic E-state index is 12.4. The Hall–Kier alpha value is -2.48. The summed E-state index contributed by atoms with van der Waals surface area (Å²) in [7, 11) is -2.99. The van der Waals surface area contributed by atoms with E-state index in [0.29, 0.717) is 25.3 Å². The Balaban J connectivity index is 1.64. The molecule has 2 aromatic rings. The van der Waals surface area contributed by atoms with Crippen molar-refractivity contribution < 1.29 is 13.2 Å². The normalized spacial score (nSPS) is 18.2. The number of anilines is 1. The van der Waals surface area contributed by atoms with Gasteiger partial charge < -0.3 is 10.2 Å². The van der Waals surface area contributed by atoms with Crippen LogP contribution in [-0.2, 0) is 16.3 Å². The molecule has 1 fully saturated rings. The molecule has 1 aliphatic rings. The van der Waals surface area contributed by atoms with E-state index in [2.05, 4.69) is 15.3 Å². The van der Waals surface area contributed by atoms with E-state index in [1.54, 1.807) is 6.07 Å². The molecule has 1 amide bonds. The number of carbonyl (C=O) groups excluding carboxylic acids is 1. The van der Waals surface area contributed by atoms with Crippen molar-refractivity contribution in [3.63, 3.8) is 0 Å². The largest absolute Gasteiger partial charge is 0.353 e. The molecule has 1 aromatic carbocycles. The van der Waals surface area contributed by atoms with Crippen LogP contribution in [0.2, 0.25) is 0 Å². The SMILES string of the molecule is CCN(c1cc(C(=O)NCCc2ccccc2)ncn1)C1CCS(=O)(=O)C1. The minimum Gasteiger partial charge on any atom is -0.353 e. The Morgan fingerprint density at radius 2 is 2.04 bits per heavy atom. The molecule has 1 unspecified atom stereocenters. The summed E-state index contributed by atoms with van der Waals surface area (Å²) in [6, 6.07) is 11.5. The number of hydrogen-bond donors (Lipinski definition) is 1. The highest BCUT2D eigenvalue weighted by atomic mass is 32.2. The maximum atomic E-state index is 12.4. The second-order valence-corrected chi connectivity index (χ2v) is 8.82. The molecule has 0 aliphatic carbocycles. The lowest BCUT2D eigenvalue weighted by molar-refractivity contribution is 0.0949. The third-order valence-corrected chi connectivity index (χ3v) is 6.46. The van der Waals surface area contributed by atoms with Crippen molar-refractivity contribution in [1.29, 1.82) is 0 Å². The summed E-state index contributed by atoms with van der Waals surface area (Å²) in [5.41, 5.74) is 1.44. The highest BCUT2D eigenvalue weighted by molar-refractivity contribution is 7.91. The van der Waals surface area contributed by atoms with Gasteiger partial charge in [-0.15, -0.1) is 0 Å². The molecule has 1 aromatic heterocycles. The molecule has 7 nitrogen and oxygen atoms in total. The summed E-state index contributed by atoms with van der Waals surface area (Å²) >= 11 is 0. The molecule has 0 bridgehead atoms. The van der Waals surface area contributed by atoms with Gasteiger partial charge in [0.2, 0.25) is 0 Å². The van der Waals surface area contributed by atoms with E-state index in [9.17, 15) is 13.2 Å². The van der Waals surface area contributed by atoms with Gasteiger partial charge in [-0.3, -0.25) is 4.79 Å². The zero-order valence-electron chi connectivity index (χ0n) is 15.3. The van der Waals surface area contributed by atoms with Crippen molar-refractivity contribution in [1.82, 2.24) is 15.3 Å². The highest BCUT2D eigenvalue weighted by Gasteiger charge is 2.32. The second-order valence-electron chi connectivity index (χ2n) is 6.60. The fraction of sp³-hybridized carbons (Fsp3) is 0.421. The Morgan fingerprint density at radius 1 is 1.26 bits per heavy atom. The van der Waals surface area contributed by atoms with Crippen molar-refractivity contribution in [2.75, 3.05) is 29.5 Å². The van der Waals surface area contributed by atoms with Crippen LogP contribution in [-0.4, -0.2) is 54.9 Å². The topological polar surface area (TPSA) is 92.3 Å². The summed E-state index contributed by atoms with van der Waals surface area (Å²) in [6.07, 6.45) is 2.68. The van der Waals surface area contributed by atoms with E-state index in [4.69, 9.17) is 0 Å². The summed E-state index contributed by atoms with van der Waals surface area (Å²) in [5.74, 6) is 0.655. The summed E-state index contributed by atoms with van der Waals surface area (Å²) in [4.78, 5) is 22.7. The number of rotatable bonds is 7. The Labute approximate surface area is 159 Å². The zero-order valence-corrected chi connectivity index (χ0v) is 16.2. The second kappa shape index (κ2) is 8.47. The van der Waals surface area contributed by atoms with Crippen molar-refractivity contribution >= 4 is 21.6 Å². The lowest BCUT2D eigenvalue weighted by Crippen LogP contribution is -2.37. The molecule has 1 saturated heterocycles. The highest BCUT2D eigenvalue weighted by Crippen LogP contribution is 2.22. The lowest BCUT2D eigenvalue weighted by Gasteiger charge is -2.27. The number of amides is 1. The monoisotopic (exact) mass is 388 g/mol. The zero-order chi connectivity index (χ0) is 19.3. The smallest absolute Gasteiger partial charge is 0.270 e. The van der Waals surface area contributed by atoms with Gasteiger partial charge in [-0.05, 0) is 25.3 Å². The maximum Gasteiger partial charge on any atom is 0.270 e. The molecule has 27 heavy (non-hydrogen) atoms. The molecule has 8 heteroatoms. The first-order valence-electron chi connectivity index (χ1n) is 9.10. The molecule has 1 atom stereocenters. The van der Waals surface area contributed by atoms with Crippen LogP contribution >= 0.6 is 0 Å². The summed E-state index contributed by atoms with van der Waals surface area (Å²) in [6.45, 7) is 3.08. The van der Waals surface area contributed by atoms with Gasteiger partial charge in [0.25, 0.3) is 5.91 Å². The summed E-state index contributed by atoms with van der Waals surface area (Å²) < 4.78 is 23.6. The third-order valence-electron chi connectivity index (χ3n) is 4.71. The molecule has 0 saturated carbocycles. The Bertz CT molecular complexity index is 887. The molecular formula is C19H24N4O3S. The number of benzene rings is 1. The van der Waals surface area contributed by atoms with Crippen molar-refractivity contribution in [3.8, 4) is 0 Å². The van der Waals surface area contributed by atoms with Gasteiger partial charge in [-0.25, -0.2) is 18.4 Å². The molecule has 3 rings (SSSR count). The van der Waals surface area contributed by atoms with Crippen LogP contribution in [0.3, 0.4) is 0 Å². The van der Waals surface area contributed by atoms with Crippen LogP contribution in [0, 0.1) is 0 Å². The van der Waals surface area contributed by atoms with Gasteiger partial charge >= 0.3 is 0 Å². The minimum absolute atomic E-state index is 0.108. The average Bonchev–Trinajstić information content (AvgIpc) is 3.03. The molecule has 1 aliphatic heterocycles. The number of nitrogens with one attached hydrogen (secondary N) is 1. The van der Waals surface area contributed by atoms with Crippen LogP contribution < -0.4 is 10.2 Å². The van der Waals surface area contributed by atoms with Crippen molar-refractivity contribution in [2.24, 2.45) is 0 Å². The van der Waals surface area contributed by atoms with E-state index in [1.807, 2.05) is 42.2 Å². The Morgan fingerprint density at radius 3 is 2.70 bits per heavy atom. The first-order chi connectivity index (χ1) is 13.0. The fourth-order valence-corrected chi connectivity index (χ4v) is 5.04. The van der Waals surface area contributed by atoms with Gasteiger partial charge in [-0.2, -0.15) is 0 Å². The molecule has 2 heterocycles. The number of sulfone groups is 1. The first kappa shape index (κ1) is 19.3. The Kier molecular flexibility index (Phi) is 6.05. The minimum atomic E-state index is -2.99. The van der Waals surface area contributed by atoms with Gasteiger partial charge in [0, 0.05) is 25.2 Å². The van der Waals surface area contributed by atoms with Gasteiger partial charge in [0.15, 0.2) is 9.84 Å². The number of carbonyl (C=O) groups is 1. The van der Waals surface area contributed by atoms with E-state index in [1.165, 1.54) is 6.33 Å². The van der Waals surface area contributed by atoms with E-state index in [-0.39, 0.29) is 29.1 Å².